The zero-order chi connectivity index (χ0) is 9.90. The van der Waals surface area contributed by atoms with Gasteiger partial charge in [-0.15, -0.1) is 0 Å². The van der Waals surface area contributed by atoms with Gasteiger partial charge in [-0.25, -0.2) is 0 Å². The zero-order valence-corrected chi connectivity index (χ0v) is 8.67. The first-order valence-electron chi connectivity index (χ1n) is 4.78. The third-order valence-electron chi connectivity index (χ3n) is 2.35. The van der Waals surface area contributed by atoms with Crippen LogP contribution in [0.5, 0.6) is 0 Å². The first-order valence-corrected chi connectivity index (χ1v) is 4.78. The Hall–Kier alpha value is -1.05. The van der Waals surface area contributed by atoms with Crippen LogP contribution < -0.4 is 5.73 Å². The first kappa shape index (κ1) is 10.0. The molecule has 0 fully saturated rings. The fraction of sp³-hybridized carbons (Fsp3) is 0.545. The van der Waals surface area contributed by atoms with Crippen molar-refractivity contribution in [2.75, 3.05) is 5.73 Å². The summed E-state index contributed by atoms with van der Waals surface area (Å²) in [5, 5.41) is 0. The SMILES string of the molecule is CCCC(C)(C)c1ccc(N)cn1. The number of nitrogens with two attached hydrogens (primary N) is 1. The van der Waals surface area contributed by atoms with Crippen molar-refractivity contribution in [2.45, 2.75) is 39.0 Å². The van der Waals surface area contributed by atoms with E-state index >= 15 is 0 Å². The molecule has 13 heavy (non-hydrogen) atoms. The molecule has 1 aromatic rings. The lowest BCUT2D eigenvalue weighted by Crippen LogP contribution is -2.18. The highest BCUT2D eigenvalue weighted by atomic mass is 14.7. The van der Waals surface area contributed by atoms with Gasteiger partial charge >= 0.3 is 0 Å². The molecule has 72 valence electrons. The summed E-state index contributed by atoms with van der Waals surface area (Å²) >= 11 is 0. The van der Waals surface area contributed by atoms with Gasteiger partial charge in [-0.3, -0.25) is 4.98 Å². The van der Waals surface area contributed by atoms with E-state index < -0.39 is 0 Å². The van der Waals surface area contributed by atoms with Crippen LogP contribution in [0.25, 0.3) is 0 Å². The van der Waals surface area contributed by atoms with Gasteiger partial charge in [0.1, 0.15) is 0 Å². The molecule has 2 nitrogen and oxygen atoms in total. The number of hydrogen-bond acceptors (Lipinski definition) is 2. The molecule has 0 amide bonds. The van der Waals surface area contributed by atoms with Crippen LogP contribution in [0.3, 0.4) is 0 Å². The van der Waals surface area contributed by atoms with Crippen molar-refractivity contribution in [1.82, 2.24) is 4.98 Å². The third kappa shape index (κ3) is 2.44. The monoisotopic (exact) mass is 178 g/mol. The predicted octanol–water partition coefficient (Wildman–Crippen LogP) is 2.74. The van der Waals surface area contributed by atoms with Crippen LogP contribution in [0, 0.1) is 0 Å². The number of nitrogen functional groups attached to an aromatic ring is 1. The number of aromatic nitrogens is 1. The van der Waals surface area contributed by atoms with Crippen LogP contribution in [-0.4, -0.2) is 4.98 Å². The molecule has 0 radical (unpaired) electrons. The van der Waals surface area contributed by atoms with Crippen molar-refractivity contribution in [2.24, 2.45) is 0 Å². The third-order valence-corrected chi connectivity index (χ3v) is 2.35. The molecule has 0 saturated heterocycles. The Morgan fingerprint density at radius 3 is 2.54 bits per heavy atom. The van der Waals surface area contributed by atoms with E-state index in [9.17, 15) is 0 Å². The summed E-state index contributed by atoms with van der Waals surface area (Å²) < 4.78 is 0. The van der Waals surface area contributed by atoms with E-state index in [1.807, 2.05) is 12.1 Å². The van der Waals surface area contributed by atoms with Crippen molar-refractivity contribution in [1.29, 1.82) is 0 Å². The Morgan fingerprint density at radius 1 is 1.38 bits per heavy atom. The summed E-state index contributed by atoms with van der Waals surface area (Å²) in [4.78, 5) is 4.34. The molecule has 1 heterocycles. The highest BCUT2D eigenvalue weighted by Gasteiger charge is 2.20. The minimum absolute atomic E-state index is 0.169. The van der Waals surface area contributed by atoms with Crippen LogP contribution in [0.4, 0.5) is 5.69 Å². The van der Waals surface area contributed by atoms with E-state index in [0.717, 1.165) is 17.8 Å². The second kappa shape index (κ2) is 3.77. The predicted molar refractivity (Wildman–Crippen MR) is 56.6 cm³/mol. The summed E-state index contributed by atoms with van der Waals surface area (Å²) in [6.45, 7) is 6.63. The smallest absolute Gasteiger partial charge is 0.0501 e. The van der Waals surface area contributed by atoms with E-state index in [4.69, 9.17) is 5.73 Å². The minimum Gasteiger partial charge on any atom is -0.397 e. The van der Waals surface area contributed by atoms with Gasteiger partial charge in [0.2, 0.25) is 0 Å². The molecular formula is C11H18N2. The Labute approximate surface area is 80.2 Å². The largest absolute Gasteiger partial charge is 0.397 e. The average Bonchev–Trinajstić information content (AvgIpc) is 2.05. The van der Waals surface area contributed by atoms with E-state index in [-0.39, 0.29) is 5.41 Å². The Morgan fingerprint density at radius 2 is 2.08 bits per heavy atom. The van der Waals surface area contributed by atoms with Gasteiger partial charge in [-0.2, -0.15) is 0 Å². The van der Waals surface area contributed by atoms with Crippen LogP contribution >= 0.6 is 0 Å². The quantitative estimate of drug-likeness (QED) is 0.773. The molecule has 2 heteroatoms. The second-order valence-corrected chi connectivity index (χ2v) is 4.11. The summed E-state index contributed by atoms with van der Waals surface area (Å²) in [6.07, 6.45) is 4.07. The molecule has 1 aromatic heterocycles. The van der Waals surface area contributed by atoms with Crippen molar-refractivity contribution in [3.8, 4) is 0 Å². The Bertz CT molecular complexity index is 262. The minimum atomic E-state index is 0.169. The highest BCUT2D eigenvalue weighted by molar-refractivity contribution is 5.35. The molecule has 0 bridgehead atoms. The number of pyridine rings is 1. The van der Waals surface area contributed by atoms with E-state index in [1.54, 1.807) is 6.20 Å². The second-order valence-electron chi connectivity index (χ2n) is 4.11. The number of rotatable bonds is 3. The van der Waals surface area contributed by atoms with Gasteiger partial charge < -0.3 is 5.73 Å². The Balaban J connectivity index is 2.87. The molecule has 0 atom stereocenters. The average molecular weight is 178 g/mol. The van der Waals surface area contributed by atoms with Crippen LogP contribution in [-0.2, 0) is 5.41 Å². The zero-order valence-electron chi connectivity index (χ0n) is 8.67. The lowest BCUT2D eigenvalue weighted by molar-refractivity contribution is 0.460. The maximum Gasteiger partial charge on any atom is 0.0501 e. The number of hydrogen-bond donors (Lipinski definition) is 1. The highest BCUT2D eigenvalue weighted by Crippen LogP contribution is 2.26. The Kier molecular flexibility index (Phi) is 2.91. The molecule has 0 unspecified atom stereocenters. The maximum absolute atomic E-state index is 5.58. The van der Waals surface area contributed by atoms with Crippen LogP contribution in [0.1, 0.15) is 39.3 Å². The van der Waals surface area contributed by atoms with Crippen LogP contribution in [0.15, 0.2) is 18.3 Å². The summed E-state index contributed by atoms with van der Waals surface area (Å²) in [6, 6.07) is 3.94. The standard InChI is InChI=1S/C11H18N2/c1-4-7-11(2,3)10-6-5-9(12)8-13-10/h5-6,8H,4,7,12H2,1-3H3. The molecule has 0 aliphatic rings. The van der Waals surface area contributed by atoms with E-state index in [1.165, 1.54) is 6.42 Å². The van der Waals surface area contributed by atoms with Crippen molar-refractivity contribution >= 4 is 5.69 Å². The summed E-state index contributed by atoms with van der Waals surface area (Å²) in [5.41, 5.74) is 7.61. The molecule has 0 aliphatic carbocycles. The summed E-state index contributed by atoms with van der Waals surface area (Å²) in [7, 11) is 0. The maximum atomic E-state index is 5.58. The molecule has 0 spiro atoms. The summed E-state index contributed by atoms with van der Waals surface area (Å²) in [5.74, 6) is 0. The van der Waals surface area contributed by atoms with Gasteiger partial charge in [-0.1, -0.05) is 27.2 Å². The van der Waals surface area contributed by atoms with E-state index in [0.29, 0.717) is 0 Å². The van der Waals surface area contributed by atoms with Crippen LogP contribution in [0.2, 0.25) is 0 Å². The van der Waals surface area contributed by atoms with Crippen molar-refractivity contribution in [3.63, 3.8) is 0 Å². The van der Waals surface area contributed by atoms with Gasteiger partial charge in [0.05, 0.1) is 11.9 Å². The fourth-order valence-electron chi connectivity index (χ4n) is 1.56. The van der Waals surface area contributed by atoms with Gasteiger partial charge in [0.15, 0.2) is 0 Å². The lowest BCUT2D eigenvalue weighted by atomic mass is 9.84. The van der Waals surface area contributed by atoms with Gasteiger partial charge in [-0.05, 0) is 18.6 Å². The molecule has 1 rings (SSSR count). The van der Waals surface area contributed by atoms with Crippen molar-refractivity contribution in [3.05, 3.63) is 24.0 Å². The van der Waals surface area contributed by atoms with E-state index in [2.05, 4.69) is 25.8 Å². The van der Waals surface area contributed by atoms with Crippen molar-refractivity contribution < 1.29 is 0 Å². The molecule has 0 saturated carbocycles. The first-order chi connectivity index (χ1) is 6.06. The topological polar surface area (TPSA) is 38.9 Å². The molecule has 2 N–H and O–H groups in total. The molecule has 0 aromatic carbocycles. The fourth-order valence-corrected chi connectivity index (χ4v) is 1.56. The van der Waals surface area contributed by atoms with Gasteiger partial charge in [0, 0.05) is 11.1 Å². The molecular weight excluding hydrogens is 160 g/mol. The lowest BCUT2D eigenvalue weighted by Gasteiger charge is -2.23. The normalized spacial score (nSPS) is 11.6. The number of anilines is 1. The van der Waals surface area contributed by atoms with Gasteiger partial charge in [0.25, 0.3) is 0 Å². The number of nitrogens with zero attached hydrogens (tertiary/aromatic N) is 1. The molecule has 0 aliphatic heterocycles.